The Morgan fingerprint density at radius 3 is 2.26 bits per heavy atom. The lowest BCUT2D eigenvalue weighted by atomic mass is 9.95. The lowest BCUT2D eigenvalue weighted by molar-refractivity contribution is 0.468. The highest BCUT2D eigenvalue weighted by molar-refractivity contribution is 9.11. The average Bonchev–Trinajstić information content (AvgIpc) is 2.92. The largest absolute Gasteiger partial charge is 0.507 e. The lowest BCUT2D eigenvalue weighted by Crippen LogP contribution is -1.89. The van der Waals surface area contributed by atoms with Crippen LogP contribution in [0, 0.1) is 0 Å². The van der Waals surface area contributed by atoms with E-state index in [1.54, 1.807) is 6.07 Å². The van der Waals surface area contributed by atoms with Gasteiger partial charge in [-0.3, -0.25) is 0 Å². The van der Waals surface area contributed by atoms with Crippen LogP contribution in [0.25, 0.3) is 22.3 Å². The van der Waals surface area contributed by atoms with Gasteiger partial charge in [0.2, 0.25) is 0 Å². The van der Waals surface area contributed by atoms with E-state index in [1.807, 2.05) is 36.4 Å². The van der Waals surface area contributed by atoms with E-state index in [9.17, 15) is 10.2 Å². The zero-order valence-corrected chi connectivity index (χ0v) is 15.1. The summed E-state index contributed by atoms with van der Waals surface area (Å²) < 4.78 is 1.28. The minimum atomic E-state index is 0.187. The van der Waals surface area contributed by atoms with Gasteiger partial charge in [-0.1, -0.05) is 30.3 Å². The van der Waals surface area contributed by atoms with Crippen molar-refractivity contribution < 1.29 is 10.2 Å². The molecule has 3 aromatic rings. The fourth-order valence-corrected chi connectivity index (χ4v) is 4.41. The van der Waals surface area contributed by atoms with Crippen LogP contribution in [0.4, 0.5) is 0 Å². The van der Waals surface area contributed by atoms with Crippen LogP contribution in [0.15, 0.2) is 57.5 Å². The van der Waals surface area contributed by atoms with E-state index in [1.165, 1.54) is 5.56 Å². The number of halogens is 2. The predicted molar refractivity (Wildman–Crippen MR) is 98.8 cm³/mol. The van der Waals surface area contributed by atoms with E-state index >= 15 is 0 Å². The summed E-state index contributed by atoms with van der Waals surface area (Å²) in [4.78, 5) is 0. The van der Waals surface area contributed by atoms with Crippen LogP contribution in [0.5, 0.6) is 11.5 Å². The van der Waals surface area contributed by atoms with Crippen LogP contribution in [0.1, 0.15) is 11.1 Å². The highest BCUT2D eigenvalue weighted by atomic mass is 79.9. The van der Waals surface area contributed by atoms with E-state index in [-0.39, 0.29) is 5.75 Å². The molecule has 3 aromatic carbocycles. The third kappa shape index (κ3) is 2.28. The molecule has 1 aliphatic rings. The van der Waals surface area contributed by atoms with E-state index in [0.29, 0.717) is 14.7 Å². The number of hydrogen-bond acceptors (Lipinski definition) is 2. The van der Waals surface area contributed by atoms with Gasteiger partial charge >= 0.3 is 0 Å². The molecular weight excluding hydrogens is 420 g/mol. The third-order valence-electron chi connectivity index (χ3n) is 4.27. The molecule has 0 bridgehead atoms. The number of fused-ring (bicyclic) bond motifs is 3. The van der Waals surface area contributed by atoms with Crippen LogP contribution in [-0.2, 0) is 6.42 Å². The summed E-state index contributed by atoms with van der Waals surface area (Å²) >= 11 is 6.78. The molecule has 0 saturated carbocycles. The van der Waals surface area contributed by atoms with E-state index in [4.69, 9.17) is 0 Å². The molecule has 0 heterocycles. The molecule has 0 spiro atoms. The predicted octanol–water partition coefficient (Wildman–Crippen LogP) is 5.86. The van der Waals surface area contributed by atoms with Crippen LogP contribution >= 0.6 is 31.9 Å². The normalized spacial score (nSPS) is 12.1. The standard InChI is InChI=1S/C19H12Br2O2/c20-15-8-11(9-16(21)19(15)23)12-5-6-17(22)18-13-4-2-1-3-10(13)7-14(12)18/h1-6,8-9,22-23H,7H2. The Balaban J connectivity index is 1.97. The maximum absolute atomic E-state index is 10.3. The maximum Gasteiger partial charge on any atom is 0.143 e. The Bertz CT molecular complexity index is 925. The van der Waals surface area contributed by atoms with Crippen LogP contribution in [-0.4, -0.2) is 10.2 Å². The molecule has 1 aliphatic carbocycles. The number of phenols is 2. The van der Waals surface area contributed by atoms with Gasteiger partial charge in [-0.05, 0) is 84.3 Å². The Morgan fingerprint density at radius 1 is 0.826 bits per heavy atom. The zero-order valence-electron chi connectivity index (χ0n) is 12.0. The van der Waals surface area contributed by atoms with E-state index in [2.05, 4.69) is 37.9 Å². The monoisotopic (exact) mass is 430 g/mol. The van der Waals surface area contributed by atoms with Gasteiger partial charge in [0.25, 0.3) is 0 Å². The maximum atomic E-state index is 10.3. The lowest BCUT2D eigenvalue weighted by Gasteiger charge is -2.12. The fourth-order valence-electron chi connectivity index (χ4n) is 3.22. The van der Waals surface area contributed by atoms with Gasteiger partial charge in [-0.15, -0.1) is 0 Å². The quantitative estimate of drug-likeness (QED) is 0.396. The van der Waals surface area contributed by atoms with Crippen molar-refractivity contribution >= 4 is 31.9 Å². The number of rotatable bonds is 1. The van der Waals surface area contributed by atoms with Crippen LogP contribution in [0.3, 0.4) is 0 Å². The Hall–Kier alpha value is -1.78. The summed E-state index contributed by atoms with van der Waals surface area (Å²) in [5.74, 6) is 0.498. The summed E-state index contributed by atoms with van der Waals surface area (Å²) in [5.41, 5.74) is 6.41. The molecule has 0 saturated heterocycles. The highest BCUT2D eigenvalue weighted by Gasteiger charge is 2.24. The fraction of sp³-hybridized carbons (Fsp3) is 0.0526. The Kier molecular flexibility index (Phi) is 3.47. The molecule has 0 unspecified atom stereocenters. The summed E-state index contributed by atoms with van der Waals surface area (Å²) in [6.45, 7) is 0. The van der Waals surface area contributed by atoms with Gasteiger partial charge in [0.05, 0.1) is 8.95 Å². The number of hydrogen-bond donors (Lipinski definition) is 2. The molecular formula is C19H12Br2O2. The molecule has 4 heteroatoms. The van der Waals surface area contributed by atoms with Crippen molar-refractivity contribution in [2.45, 2.75) is 6.42 Å². The van der Waals surface area contributed by atoms with Gasteiger partial charge in [0.1, 0.15) is 11.5 Å². The van der Waals surface area contributed by atoms with Gasteiger partial charge < -0.3 is 10.2 Å². The van der Waals surface area contributed by atoms with Crippen molar-refractivity contribution in [1.82, 2.24) is 0 Å². The van der Waals surface area contributed by atoms with Crippen molar-refractivity contribution in [3.63, 3.8) is 0 Å². The Morgan fingerprint density at radius 2 is 1.52 bits per heavy atom. The summed E-state index contributed by atoms with van der Waals surface area (Å²) in [6.07, 6.45) is 0.797. The average molecular weight is 432 g/mol. The molecule has 114 valence electrons. The molecule has 0 atom stereocenters. The highest BCUT2D eigenvalue weighted by Crippen LogP contribution is 2.47. The second kappa shape index (κ2) is 5.39. The molecule has 0 amide bonds. The summed E-state index contributed by atoms with van der Waals surface area (Å²) in [6, 6.07) is 15.6. The Labute approximate surface area is 150 Å². The number of phenolic OH excluding ortho intramolecular Hbond substituents is 2. The van der Waals surface area contributed by atoms with Crippen molar-refractivity contribution in [3.8, 4) is 33.8 Å². The molecule has 0 radical (unpaired) electrons. The summed E-state index contributed by atoms with van der Waals surface area (Å²) in [7, 11) is 0. The molecule has 2 nitrogen and oxygen atoms in total. The molecule has 0 fully saturated rings. The van der Waals surface area contributed by atoms with E-state index < -0.39 is 0 Å². The minimum absolute atomic E-state index is 0.187. The minimum Gasteiger partial charge on any atom is -0.507 e. The number of aromatic hydroxyl groups is 2. The van der Waals surface area contributed by atoms with Gasteiger partial charge in [-0.25, -0.2) is 0 Å². The van der Waals surface area contributed by atoms with Crippen molar-refractivity contribution in [2.24, 2.45) is 0 Å². The second-order valence-corrected chi connectivity index (χ2v) is 7.32. The van der Waals surface area contributed by atoms with Crippen LogP contribution in [0.2, 0.25) is 0 Å². The third-order valence-corrected chi connectivity index (χ3v) is 5.48. The first kappa shape index (κ1) is 14.8. The first-order chi connectivity index (χ1) is 11.1. The second-order valence-electron chi connectivity index (χ2n) is 5.61. The SMILES string of the molecule is Oc1ccc(-c2cc(Br)c(O)c(Br)c2)c2c1-c1ccccc1C2. The first-order valence-electron chi connectivity index (χ1n) is 7.18. The first-order valence-corrected chi connectivity index (χ1v) is 8.76. The number of benzene rings is 3. The van der Waals surface area contributed by atoms with Gasteiger partial charge in [0, 0.05) is 5.56 Å². The van der Waals surface area contributed by atoms with Gasteiger partial charge in [-0.2, -0.15) is 0 Å². The molecule has 2 N–H and O–H groups in total. The van der Waals surface area contributed by atoms with Crippen molar-refractivity contribution in [3.05, 3.63) is 68.6 Å². The van der Waals surface area contributed by atoms with Crippen LogP contribution < -0.4 is 0 Å². The smallest absolute Gasteiger partial charge is 0.143 e. The van der Waals surface area contributed by atoms with Crippen molar-refractivity contribution in [1.29, 1.82) is 0 Å². The molecule has 4 rings (SSSR count). The summed E-state index contributed by atoms with van der Waals surface area (Å²) in [5, 5.41) is 20.3. The molecule has 0 aliphatic heterocycles. The molecule has 23 heavy (non-hydrogen) atoms. The zero-order chi connectivity index (χ0) is 16.1. The van der Waals surface area contributed by atoms with Gasteiger partial charge in [0.15, 0.2) is 0 Å². The van der Waals surface area contributed by atoms with Crippen molar-refractivity contribution in [2.75, 3.05) is 0 Å². The van der Waals surface area contributed by atoms with E-state index in [0.717, 1.165) is 34.2 Å². The topological polar surface area (TPSA) is 40.5 Å². The molecule has 0 aromatic heterocycles.